The van der Waals surface area contributed by atoms with Crippen molar-refractivity contribution in [3.05, 3.63) is 47.4 Å². The van der Waals surface area contributed by atoms with Crippen molar-refractivity contribution in [3.8, 4) is 0 Å². The molecule has 0 radical (unpaired) electrons. The number of anilines is 1. The summed E-state index contributed by atoms with van der Waals surface area (Å²) in [6.07, 6.45) is 4.94. The molecule has 1 aromatic carbocycles. The molecular formula is C15H16FN3O. The molecule has 5 heteroatoms. The zero-order chi connectivity index (χ0) is 13.9. The van der Waals surface area contributed by atoms with Crippen LogP contribution < -0.4 is 5.32 Å². The van der Waals surface area contributed by atoms with Crippen LogP contribution in [0.5, 0.6) is 0 Å². The van der Waals surface area contributed by atoms with E-state index in [4.69, 9.17) is 0 Å². The van der Waals surface area contributed by atoms with Crippen molar-refractivity contribution >= 4 is 11.7 Å². The maximum absolute atomic E-state index is 13.0. The summed E-state index contributed by atoms with van der Waals surface area (Å²) in [7, 11) is 0. The van der Waals surface area contributed by atoms with Crippen molar-refractivity contribution in [3.63, 3.8) is 0 Å². The molecule has 1 aliphatic rings. The Kier molecular flexibility index (Phi) is 3.50. The largest absolute Gasteiger partial charge is 0.311 e. The predicted octanol–water partition coefficient (Wildman–Crippen LogP) is 3.00. The van der Waals surface area contributed by atoms with Gasteiger partial charge >= 0.3 is 0 Å². The number of aromatic nitrogens is 2. The van der Waals surface area contributed by atoms with Gasteiger partial charge in [-0.05, 0) is 42.9 Å². The second kappa shape index (κ2) is 5.45. The van der Waals surface area contributed by atoms with Gasteiger partial charge in [-0.15, -0.1) is 0 Å². The van der Waals surface area contributed by atoms with E-state index in [2.05, 4.69) is 15.5 Å². The van der Waals surface area contributed by atoms with Crippen molar-refractivity contribution in [1.82, 2.24) is 10.2 Å². The van der Waals surface area contributed by atoms with Crippen molar-refractivity contribution in [2.75, 3.05) is 5.32 Å². The molecule has 2 aromatic rings. The molecule has 2 N–H and O–H groups in total. The van der Waals surface area contributed by atoms with Crippen molar-refractivity contribution in [2.45, 2.75) is 31.6 Å². The zero-order valence-corrected chi connectivity index (χ0v) is 11.0. The molecule has 0 atom stereocenters. The first-order valence-corrected chi connectivity index (χ1v) is 6.80. The Balaban J connectivity index is 1.55. The van der Waals surface area contributed by atoms with Gasteiger partial charge in [0.15, 0.2) is 0 Å². The first kappa shape index (κ1) is 12.8. The van der Waals surface area contributed by atoms with Gasteiger partial charge in [0.25, 0.3) is 0 Å². The molecule has 20 heavy (non-hydrogen) atoms. The SMILES string of the molecule is O=C(CCc1cccc(F)c1)Nc1[nH]ncc1C1CC1. The van der Waals surface area contributed by atoms with Gasteiger partial charge in [-0.1, -0.05) is 12.1 Å². The third kappa shape index (κ3) is 3.04. The summed E-state index contributed by atoms with van der Waals surface area (Å²) in [4.78, 5) is 11.9. The minimum Gasteiger partial charge on any atom is -0.311 e. The van der Waals surface area contributed by atoms with Crippen LogP contribution in [0, 0.1) is 5.82 Å². The summed E-state index contributed by atoms with van der Waals surface area (Å²) >= 11 is 0. The summed E-state index contributed by atoms with van der Waals surface area (Å²) in [6.45, 7) is 0. The molecule has 104 valence electrons. The van der Waals surface area contributed by atoms with E-state index in [9.17, 15) is 9.18 Å². The molecule has 1 aliphatic carbocycles. The third-order valence-electron chi connectivity index (χ3n) is 3.48. The Hall–Kier alpha value is -2.17. The molecular weight excluding hydrogens is 257 g/mol. The molecule has 0 spiro atoms. The van der Waals surface area contributed by atoms with E-state index >= 15 is 0 Å². The van der Waals surface area contributed by atoms with E-state index < -0.39 is 0 Å². The third-order valence-corrected chi connectivity index (χ3v) is 3.48. The summed E-state index contributed by atoms with van der Waals surface area (Å²) in [5, 5.41) is 9.65. The van der Waals surface area contributed by atoms with E-state index in [0.717, 1.165) is 24.0 Å². The molecule has 1 fully saturated rings. The van der Waals surface area contributed by atoms with Crippen molar-refractivity contribution in [2.24, 2.45) is 0 Å². The van der Waals surface area contributed by atoms with E-state index in [1.54, 1.807) is 12.3 Å². The fourth-order valence-corrected chi connectivity index (χ4v) is 2.25. The van der Waals surface area contributed by atoms with Crippen LogP contribution in [-0.4, -0.2) is 16.1 Å². The van der Waals surface area contributed by atoms with Crippen LogP contribution in [0.25, 0.3) is 0 Å². The number of hydrogen-bond donors (Lipinski definition) is 2. The molecule has 0 bridgehead atoms. The van der Waals surface area contributed by atoms with Gasteiger partial charge in [0.2, 0.25) is 5.91 Å². The molecule has 0 aliphatic heterocycles. The lowest BCUT2D eigenvalue weighted by Gasteiger charge is -2.05. The number of carbonyl (C=O) groups is 1. The Morgan fingerprint density at radius 2 is 2.30 bits per heavy atom. The lowest BCUT2D eigenvalue weighted by molar-refractivity contribution is -0.116. The zero-order valence-electron chi connectivity index (χ0n) is 11.0. The first-order valence-electron chi connectivity index (χ1n) is 6.80. The van der Waals surface area contributed by atoms with Crippen LogP contribution in [-0.2, 0) is 11.2 Å². The van der Waals surface area contributed by atoms with Gasteiger partial charge in [0, 0.05) is 12.0 Å². The highest BCUT2D eigenvalue weighted by Crippen LogP contribution is 2.42. The molecule has 0 unspecified atom stereocenters. The van der Waals surface area contributed by atoms with Crippen LogP contribution in [0.15, 0.2) is 30.5 Å². The van der Waals surface area contributed by atoms with E-state index in [1.165, 1.54) is 12.1 Å². The van der Waals surface area contributed by atoms with Crippen LogP contribution in [0.2, 0.25) is 0 Å². The van der Waals surface area contributed by atoms with Gasteiger partial charge in [0.1, 0.15) is 11.6 Å². The molecule has 1 aromatic heterocycles. The van der Waals surface area contributed by atoms with Gasteiger partial charge < -0.3 is 5.32 Å². The normalized spacial score (nSPS) is 14.2. The minimum absolute atomic E-state index is 0.0830. The quantitative estimate of drug-likeness (QED) is 0.879. The van der Waals surface area contributed by atoms with Crippen molar-refractivity contribution < 1.29 is 9.18 Å². The number of amides is 1. The standard InChI is InChI=1S/C15H16FN3O/c16-12-3-1-2-10(8-12)4-7-14(20)18-15-13(9-17-19-15)11-5-6-11/h1-3,8-9,11H,4-7H2,(H2,17,18,19,20). The fourth-order valence-electron chi connectivity index (χ4n) is 2.25. The van der Waals surface area contributed by atoms with Crippen LogP contribution >= 0.6 is 0 Å². The highest BCUT2D eigenvalue weighted by molar-refractivity contribution is 5.90. The van der Waals surface area contributed by atoms with Crippen LogP contribution in [0.4, 0.5) is 10.2 Å². The number of H-pyrrole nitrogens is 1. The number of aryl methyl sites for hydroxylation is 1. The van der Waals surface area contributed by atoms with Gasteiger partial charge in [-0.2, -0.15) is 5.10 Å². The van der Waals surface area contributed by atoms with E-state index in [-0.39, 0.29) is 11.7 Å². The smallest absolute Gasteiger partial charge is 0.225 e. The number of nitrogens with zero attached hydrogens (tertiary/aromatic N) is 1. The number of halogens is 1. The average Bonchev–Trinajstić information content (AvgIpc) is 3.17. The molecule has 1 amide bonds. The van der Waals surface area contributed by atoms with Crippen LogP contribution in [0.3, 0.4) is 0 Å². The minimum atomic E-state index is -0.271. The number of benzene rings is 1. The topological polar surface area (TPSA) is 57.8 Å². The van der Waals surface area contributed by atoms with E-state index in [0.29, 0.717) is 24.6 Å². The maximum atomic E-state index is 13.0. The Bertz CT molecular complexity index is 619. The first-order chi connectivity index (χ1) is 9.72. The molecule has 1 heterocycles. The molecule has 1 saturated carbocycles. The summed E-state index contributed by atoms with van der Waals surface area (Å²) in [6, 6.07) is 6.33. The number of aromatic amines is 1. The Morgan fingerprint density at radius 1 is 1.45 bits per heavy atom. The highest BCUT2D eigenvalue weighted by atomic mass is 19.1. The average molecular weight is 273 g/mol. The lowest BCUT2D eigenvalue weighted by Crippen LogP contribution is -2.13. The Morgan fingerprint density at radius 3 is 3.05 bits per heavy atom. The summed E-state index contributed by atoms with van der Waals surface area (Å²) < 4.78 is 13.0. The maximum Gasteiger partial charge on any atom is 0.225 e. The highest BCUT2D eigenvalue weighted by Gasteiger charge is 2.27. The fraction of sp³-hybridized carbons (Fsp3) is 0.333. The van der Waals surface area contributed by atoms with E-state index in [1.807, 2.05) is 6.07 Å². The summed E-state index contributed by atoms with van der Waals surface area (Å²) in [5.74, 6) is 0.886. The predicted molar refractivity (Wildman–Crippen MR) is 73.9 cm³/mol. The lowest BCUT2D eigenvalue weighted by atomic mass is 10.1. The number of rotatable bonds is 5. The van der Waals surface area contributed by atoms with Crippen LogP contribution in [0.1, 0.15) is 36.3 Å². The van der Waals surface area contributed by atoms with Crippen molar-refractivity contribution in [1.29, 1.82) is 0 Å². The molecule has 4 nitrogen and oxygen atoms in total. The Labute approximate surface area is 116 Å². The number of nitrogens with one attached hydrogen (secondary N) is 2. The molecule has 0 saturated heterocycles. The second-order valence-electron chi connectivity index (χ2n) is 5.15. The van der Waals surface area contributed by atoms with Gasteiger partial charge in [-0.25, -0.2) is 4.39 Å². The molecule has 3 rings (SSSR count). The monoisotopic (exact) mass is 273 g/mol. The second-order valence-corrected chi connectivity index (χ2v) is 5.15. The number of hydrogen-bond acceptors (Lipinski definition) is 2. The number of carbonyl (C=O) groups excluding carboxylic acids is 1. The summed E-state index contributed by atoms with van der Waals surface area (Å²) in [5.41, 5.74) is 1.91. The van der Waals surface area contributed by atoms with Gasteiger partial charge in [-0.3, -0.25) is 9.89 Å². The van der Waals surface area contributed by atoms with Gasteiger partial charge in [0.05, 0.1) is 6.20 Å².